The fourth-order valence-corrected chi connectivity index (χ4v) is 4.36. The standard InChI is InChI=1S/C22H25N5/c1-3-4-18-14-22-24-19-13-16(5-7-20(19)27(22)12-11-25(18)2)17-6-8-21-23-9-10-26(21)15-17/h5-10,13,15,18H,3-4,11-12,14H2,1-2H3/q+1/p+1. The van der Waals surface area contributed by atoms with Gasteiger partial charge < -0.3 is 0 Å². The molecule has 3 aliphatic rings. The fraction of sp³-hybridized carbons (Fsp3) is 0.364. The minimum Gasteiger partial charge on any atom is -0.299 e. The Labute approximate surface area is 159 Å². The van der Waals surface area contributed by atoms with E-state index in [0.717, 1.165) is 31.0 Å². The first-order chi connectivity index (χ1) is 13.2. The van der Waals surface area contributed by atoms with Crippen LogP contribution in [0.1, 0.15) is 32.0 Å². The molecule has 137 valence electrons. The normalized spacial score (nSPS) is 23.6. The van der Waals surface area contributed by atoms with Gasteiger partial charge in [-0.15, -0.1) is 0 Å². The van der Waals surface area contributed by atoms with Crippen molar-refractivity contribution in [2.45, 2.75) is 32.2 Å². The molecule has 0 bridgehead atoms. The molecule has 5 nitrogen and oxygen atoms in total. The number of amidine groups is 1. The summed E-state index contributed by atoms with van der Waals surface area (Å²) in [5.41, 5.74) is 2.32. The third-order valence-corrected chi connectivity index (χ3v) is 5.94. The van der Waals surface area contributed by atoms with E-state index in [1.54, 1.807) is 0 Å². The van der Waals surface area contributed by atoms with Gasteiger partial charge in [0.25, 0.3) is 5.82 Å². The van der Waals surface area contributed by atoms with Gasteiger partial charge in [0.05, 0.1) is 6.42 Å². The van der Waals surface area contributed by atoms with E-state index < -0.39 is 0 Å². The summed E-state index contributed by atoms with van der Waals surface area (Å²) < 4.78 is 4.54. The lowest BCUT2D eigenvalue weighted by Crippen LogP contribution is -2.36. The summed E-state index contributed by atoms with van der Waals surface area (Å²) in [5, 5.41) is 2.48. The molecule has 1 radical (unpaired) electrons. The van der Waals surface area contributed by atoms with Crippen molar-refractivity contribution in [3.05, 3.63) is 59.6 Å². The lowest BCUT2D eigenvalue weighted by molar-refractivity contribution is -0.626. The van der Waals surface area contributed by atoms with Crippen molar-refractivity contribution in [2.24, 2.45) is 4.99 Å². The topological polar surface area (TPSA) is 38.3 Å². The van der Waals surface area contributed by atoms with Crippen LogP contribution in [0.5, 0.6) is 0 Å². The van der Waals surface area contributed by atoms with Gasteiger partial charge in [-0.1, -0.05) is 13.3 Å². The molecule has 5 rings (SSSR count). The van der Waals surface area contributed by atoms with Gasteiger partial charge in [-0.05, 0) is 41.9 Å². The number of hydrogen-bond donors (Lipinski definition) is 1. The zero-order valence-electron chi connectivity index (χ0n) is 16.0. The molecule has 1 N–H and O–H groups in total. The first-order valence-corrected chi connectivity index (χ1v) is 9.91. The highest BCUT2D eigenvalue weighted by molar-refractivity contribution is 5.89. The van der Waals surface area contributed by atoms with Gasteiger partial charge in [-0.25, -0.2) is 14.1 Å². The zero-order chi connectivity index (χ0) is 18.4. The number of hydrogen-bond acceptors (Lipinski definition) is 2. The summed E-state index contributed by atoms with van der Waals surface area (Å²) in [7, 11) is 2.25. The summed E-state index contributed by atoms with van der Waals surface area (Å²) in [6.07, 6.45) is 11.8. The van der Waals surface area contributed by atoms with Crippen molar-refractivity contribution in [3.63, 3.8) is 0 Å². The van der Waals surface area contributed by atoms with Crippen molar-refractivity contribution >= 4 is 23.2 Å². The smallest absolute Gasteiger partial charge is 0.299 e. The molecular weight excluding hydrogens is 334 g/mol. The number of aliphatic imine (C=N–C) groups is 1. The average Bonchev–Trinajstić information content (AvgIpc) is 3.25. The van der Waals surface area contributed by atoms with Crippen LogP contribution in [0, 0.1) is 6.54 Å². The third kappa shape index (κ3) is 2.86. The van der Waals surface area contributed by atoms with E-state index in [1.165, 1.54) is 34.8 Å². The minimum absolute atomic E-state index is 0.597. The number of H-pyrrole nitrogens is 1. The second-order valence-electron chi connectivity index (χ2n) is 7.68. The quantitative estimate of drug-likeness (QED) is 0.804. The Kier molecular flexibility index (Phi) is 4.05. The molecule has 5 heteroatoms. The lowest BCUT2D eigenvalue weighted by Gasteiger charge is -2.22. The van der Waals surface area contributed by atoms with Crippen LogP contribution in [0.3, 0.4) is 0 Å². The van der Waals surface area contributed by atoms with Gasteiger partial charge in [0.15, 0.2) is 11.9 Å². The molecule has 1 unspecified atom stereocenters. The van der Waals surface area contributed by atoms with Gasteiger partial charge in [0, 0.05) is 30.3 Å². The summed E-state index contributed by atoms with van der Waals surface area (Å²) in [5.74, 6) is 2.33. The van der Waals surface area contributed by atoms with Crippen LogP contribution in [0.4, 0.5) is 5.69 Å². The number of nitrogens with zero attached hydrogens (tertiary/aromatic N) is 4. The van der Waals surface area contributed by atoms with Crippen molar-refractivity contribution in [3.8, 4) is 0 Å². The molecule has 0 amide bonds. The number of imidazole rings is 1. The Balaban J connectivity index is 1.55. The van der Waals surface area contributed by atoms with Crippen LogP contribution < -0.4 is 19.7 Å². The van der Waals surface area contributed by atoms with Crippen molar-refractivity contribution < 1.29 is 4.57 Å². The number of aromatic nitrogens is 2. The molecule has 1 aromatic heterocycles. The molecule has 2 aromatic rings. The molecule has 1 aromatic carbocycles. The summed E-state index contributed by atoms with van der Waals surface area (Å²) in [4.78, 5) is 10.8. The van der Waals surface area contributed by atoms with Crippen molar-refractivity contribution in [2.75, 3.05) is 20.1 Å². The van der Waals surface area contributed by atoms with Gasteiger partial charge in [0.2, 0.25) is 5.69 Å². The molecule has 27 heavy (non-hydrogen) atoms. The second kappa shape index (κ2) is 6.57. The molecule has 1 saturated heterocycles. The van der Waals surface area contributed by atoms with Crippen LogP contribution >= 0.6 is 0 Å². The predicted molar refractivity (Wildman–Crippen MR) is 108 cm³/mol. The Bertz CT molecular complexity index is 1070. The maximum atomic E-state index is 5.04. The van der Waals surface area contributed by atoms with Crippen molar-refractivity contribution in [1.29, 1.82) is 0 Å². The highest BCUT2D eigenvalue weighted by Gasteiger charge is 2.33. The van der Waals surface area contributed by atoms with Crippen LogP contribution in [0.2, 0.25) is 0 Å². The van der Waals surface area contributed by atoms with Crippen LogP contribution in [0.15, 0.2) is 41.7 Å². The highest BCUT2D eigenvalue weighted by atomic mass is 15.2. The van der Waals surface area contributed by atoms with Crippen LogP contribution in [-0.2, 0) is 0 Å². The number of nitrogens with one attached hydrogen (secondary N) is 1. The average molecular weight is 360 g/mol. The molecule has 0 saturated carbocycles. The van der Waals surface area contributed by atoms with Crippen LogP contribution in [0.25, 0.3) is 11.6 Å². The van der Waals surface area contributed by atoms with Gasteiger partial charge >= 0.3 is 5.84 Å². The summed E-state index contributed by atoms with van der Waals surface area (Å²) in [6, 6.07) is 7.31. The van der Waals surface area contributed by atoms with E-state index in [4.69, 9.17) is 4.99 Å². The van der Waals surface area contributed by atoms with Gasteiger partial charge in [0.1, 0.15) is 18.9 Å². The predicted octanol–water partition coefficient (Wildman–Crippen LogP) is 1.23. The number of allylic oxidation sites excluding steroid dienone is 1. The molecular formula is C22H26N5+2. The van der Waals surface area contributed by atoms with E-state index in [2.05, 4.69) is 69.9 Å². The van der Waals surface area contributed by atoms with E-state index in [0.29, 0.717) is 6.04 Å². The Morgan fingerprint density at radius 1 is 1.30 bits per heavy atom. The number of aromatic amines is 1. The first-order valence-electron chi connectivity index (χ1n) is 9.91. The molecule has 0 spiro atoms. The number of fused-ring (bicyclic) bond motifs is 3. The summed E-state index contributed by atoms with van der Waals surface area (Å²) in [6.45, 7) is 6.55. The lowest BCUT2D eigenvalue weighted by atomic mass is 10.1. The molecule has 3 aliphatic heterocycles. The molecule has 1 atom stereocenters. The maximum absolute atomic E-state index is 5.04. The largest absolute Gasteiger partial charge is 0.301 e. The highest BCUT2D eigenvalue weighted by Crippen LogP contribution is 2.18. The van der Waals surface area contributed by atoms with Gasteiger partial charge in [-0.2, -0.15) is 0 Å². The Hall–Kier alpha value is -2.53. The molecule has 0 aliphatic carbocycles. The Morgan fingerprint density at radius 3 is 3.11 bits per heavy atom. The van der Waals surface area contributed by atoms with E-state index >= 15 is 0 Å². The van der Waals surface area contributed by atoms with E-state index in [9.17, 15) is 0 Å². The summed E-state index contributed by atoms with van der Waals surface area (Å²) >= 11 is 0. The third-order valence-electron chi connectivity index (χ3n) is 5.94. The minimum atomic E-state index is 0.597. The van der Waals surface area contributed by atoms with Gasteiger partial charge in [-0.3, -0.25) is 4.90 Å². The second-order valence-corrected chi connectivity index (χ2v) is 7.68. The SMILES string of the molecule is CCCC1CC2=Nc3c/c(=C4/[CH][n+]5cc[nH]c5C=C4)ccc3=[N+]2CCN1C. The monoisotopic (exact) mass is 360 g/mol. The van der Waals surface area contributed by atoms with E-state index in [-0.39, 0.29) is 0 Å². The first kappa shape index (κ1) is 16.6. The zero-order valence-corrected chi connectivity index (χ0v) is 16.0. The van der Waals surface area contributed by atoms with Crippen LogP contribution in [-0.4, -0.2) is 41.9 Å². The molecule has 1 fully saturated rings. The maximum Gasteiger partial charge on any atom is 0.301 e. The number of likely N-dealkylation sites (N-methyl/N-ethyl adjacent to an activating group) is 1. The fourth-order valence-electron chi connectivity index (χ4n) is 4.36. The Morgan fingerprint density at radius 2 is 2.22 bits per heavy atom. The van der Waals surface area contributed by atoms with E-state index in [1.807, 2.05) is 12.4 Å². The number of rotatable bonds is 2. The molecule has 4 heterocycles. The number of benzene rings is 1. The van der Waals surface area contributed by atoms with Crippen molar-refractivity contribution in [1.82, 2.24) is 14.5 Å².